The zero-order valence-corrected chi connectivity index (χ0v) is 11.0. The van der Waals surface area contributed by atoms with Gasteiger partial charge in [0, 0.05) is 25.2 Å². The molecule has 0 aliphatic carbocycles. The lowest BCUT2D eigenvalue weighted by Gasteiger charge is -1.98. The highest BCUT2D eigenvalue weighted by atomic mass is 35.5. The Labute approximate surface area is 108 Å². The highest BCUT2D eigenvalue weighted by Crippen LogP contribution is 2.39. The van der Waals surface area contributed by atoms with E-state index in [0.717, 1.165) is 26.6 Å². The van der Waals surface area contributed by atoms with E-state index >= 15 is 0 Å². The van der Waals surface area contributed by atoms with E-state index in [2.05, 4.69) is 0 Å². The molecule has 0 N–H and O–H groups in total. The van der Waals surface area contributed by atoms with Crippen molar-refractivity contribution in [3.63, 3.8) is 0 Å². The molecule has 1 aromatic heterocycles. The molecule has 1 heterocycles. The summed E-state index contributed by atoms with van der Waals surface area (Å²) in [7, 11) is 0. The predicted molar refractivity (Wildman–Crippen MR) is 73.8 cm³/mol. The molecule has 0 nitrogen and oxygen atoms in total. The normalized spacial score (nSPS) is 11.5. The molecule has 0 aliphatic rings. The second kappa shape index (κ2) is 3.69. The molecule has 0 bridgehead atoms. The van der Waals surface area contributed by atoms with Crippen LogP contribution < -0.4 is 0 Å². The monoisotopic (exact) mass is 264 g/mol. The molecular weight excluding hydrogens is 255 g/mol. The predicted octanol–water partition coefficient (Wildman–Crippen LogP) is 5.46. The molecule has 0 fully saturated rings. The minimum absolute atomic E-state index is 0.188. The van der Waals surface area contributed by atoms with Crippen molar-refractivity contribution in [3.8, 4) is 0 Å². The van der Waals surface area contributed by atoms with Crippen molar-refractivity contribution in [1.29, 1.82) is 0 Å². The van der Waals surface area contributed by atoms with Crippen LogP contribution in [0.4, 0.5) is 4.39 Å². The van der Waals surface area contributed by atoms with Crippen LogP contribution in [-0.2, 0) is 0 Å². The van der Waals surface area contributed by atoms with Gasteiger partial charge in [-0.25, -0.2) is 4.39 Å². The second-order valence-electron chi connectivity index (χ2n) is 4.30. The van der Waals surface area contributed by atoms with E-state index in [0.29, 0.717) is 5.02 Å². The fourth-order valence-corrected chi connectivity index (χ4v) is 3.71. The first-order valence-corrected chi connectivity index (χ1v) is 6.54. The Kier molecular flexibility index (Phi) is 2.39. The van der Waals surface area contributed by atoms with Gasteiger partial charge in [-0.3, -0.25) is 0 Å². The molecule has 86 valence electrons. The number of benzene rings is 2. The molecule has 0 radical (unpaired) electrons. The molecule has 3 aromatic rings. The van der Waals surface area contributed by atoms with Crippen molar-refractivity contribution in [3.05, 3.63) is 46.2 Å². The summed E-state index contributed by atoms with van der Waals surface area (Å²) < 4.78 is 15.8. The summed E-state index contributed by atoms with van der Waals surface area (Å²) in [6, 6.07) is 7.04. The Hall–Kier alpha value is -1.12. The third kappa shape index (κ3) is 1.63. The van der Waals surface area contributed by atoms with Gasteiger partial charge in [0.05, 0.1) is 0 Å². The zero-order valence-electron chi connectivity index (χ0n) is 9.47. The number of hydrogen-bond acceptors (Lipinski definition) is 1. The lowest BCUT2D eigenvalue weighted by molar-refractivity contribution is 0.629. The topological polar surface area (TPSA) is 0 Å². The fourth-order valence-electron chi connectivity index (χ4n) is 2.23. The van der Waals surface area contributed by atoms with Gasteiger partial charge < -0.3 is 0 Å². The Morgan fingerprint density at radius 3 is 2.24 bits per heavy atom. The van der Waals surface area contributed by atoms with Crippen LogP contribution in [0.2, 0.25) is 5.02 Å². The number of thiophene rings is 1. The molecule has 2 aromatic carbocycles. The van der Waals surface area contributed by atoms with Gasteiger partial charge in [0.25, 0.3) is 0 Å². The molecule has 0 amide bonds. The van der Waals surface area contributed by atoms with E-state index in [4.69, 9.17) is 11.6 Å². The first-order valence-electron chi connectivity index (χ1n) is 5.35. The lowest BCUT2D eigenvalue weighted by Crippen LogP contribution is -1.78. The van der Waals surface area contributed by atoms with E-state index in [1.165, 1.54) is 4.70 Å². The van der Waals surface area contributed by atoms with Crippen LogP contribution in [0.15, 0.2) is 24.3 Å². The lowest BCUT2D eigenvalue weighted by atomic mass is 10.1. The molecule has 0 saturated carbocycles. The van der Waals surface area contributed by atoms with E-state index in [9.17, 15) is 4.39 Å². The van der Waals surface area contributed by atoms with Gasteiger partial charge in [0.2, 0.25) is 0 Å². The molecule has 0 unspecified atom stereocenters. The van der Waals surface area contributed by atoms with Crippen molar-refractivity contribution in [2.75, 3.05) is 0 Å². The fraction of sp³-hybridized carbons (Fsp3) is 0.143. The Bertz CT molecular complexity index is 681. The SMILES string of the molecule is Cc1cc(F)cc2c1sc1c(C)cc(Cl)cc12. The van der Waals surface area contributed by atoms with Gasteiger partial charge in [-0.15, -0.1) is 11.3 Å². The summed E-state index contributed by atoms with van der Waals surface area (Å²) in [6.45, 7) is 3.98. The maximum atomic E-state index is 13.5. The van der Waals surface area contributed by atoms with E-state index in [1.807, 2.05) is 26.0 Å². The smallest absolute Gasteiger partial charge is 0.124 e. The molecule has 0 atom stereocenters. The highest BCUT2D eigenvalue weighted by molar-refractivity contribution is 7.26. The van der Waals surface area contributed by atoms with Crippen molar-refractivity contribution in [2.45, 2.75) is 13.8 Å². The molecule has 3 heteroatoms. The van der Waals surface area contributed by atoms with Gasteiger partial charge in [-0.1, -0.05) is 11.6 Å². The van der Waals surface area contributed by atoms with Crippen LogP contribution in [0.25, 0.3) is 20.2 Å². The summed E-state index contributed by atoms with van der Waals surface area (Å²) in [5, 5.41) is 2.72. The number of halogens is 2. The first kappa shape index (κ1) is 11.0. The van der Waals surface area contributed by atoms with Crippen LogP contribution in [0.3, 0.4) is 0 Å². The summed E-state index contributed by atoms with van der Waals surface area (Å²) >= 11 is 7.78. The number of fused-ring (bicyclic) bond motifs is 3. The Balaban J connectivity index is 2.60. The summed E-state index contributed by atoms with van der Waals surface area (Å²) in [6.07, 6.45) is 0. The van der Waals surface area contributed by atoms with Crippen LogP contribution in [0.1, 0.15) is 11.1 Å². The zero-order chi connectivity index (χ0) is 12.2. The average Bonchev–Trinajstić information content (AvgIpc) is 2.58. The summed E-state index contributed by atoms with van der Waals surface area (Å²) in [4.78, 5) is 0. The van der Waals surface area contributed by atoms with Crippen LogP contribution in [0, 0.1) is 19.7 Å². The maximum Gasteiger partial charge on any atom is 0.124 e. The quantitative estimate of drug-likeness (QED) is 0.505. The second-order valence-corrected chi connectivity index (χ2v) is 5.76. The number of hydrogen-bond donors (Lipinski definition) is 0. The van der Waals surface area contributed by atoms with Gasteiger partial charge >= 0.3 is 0 Å². The minimum Gasteiger partial charge on any atom is -0.207 e. The van der Waals surface area contributed by atoms with Crippen LogP contribution in [0.5, 0.6) is 0 Å². The van der Waals surface area contributed by atoms with E-state index < -0.39 is 0 Å². The van der Waals surface area contributed by atoms with Crippen molar-refractivity contribution in [2.24, 2.45) is 0 Å². The largest absolute Gasteiger partial charge is 0.207 e. The van der Waals surface area contributed by atoms with Crippen LogP contribution in [-0.4, -0.2) is 0 Å². The molecule has 0 spiro atoms. The average molecular weight is 265 g/mol. The van der Waals surface area contributed by atoms with Gasteiger partial charge in [-0.2, -0.15) is 0 Å². The molecule has 0 saturated heterocycles. The molecule has 3 rings (SSSR count). The third-order valence-electron chi connectivity index (χ3n) is 2.97. The van der Waals surface area contributed by atoms with Crippen molar-refractivity contribution >= 4 is 43.1 Å². The number of aryl methyl sites for hydroxylation is 2. The van der Waals surface area contributed by atoms with Gasteiger partial charge in [-0.05, 0) is 49.2 Å². The van der Waals surface area contributed by atoms with E-state index in [-0.39, 0.29) is 5.82 Å². The van der Waals surface area contributed by atoms with E-state index in [1.54, 1.807) is 23.5 Å². The molecular formula is C14H10ClFS. The summed E-state index contributed by atoms with van der Waals surface area (Å²) in [5.74, 6) is -0.188. The summed E-state index contributed by atoms with van der Waals surface area (Å²) in [5.41, 5.74) is 2.13. The van der Waals surface area contributed by atoms with Gasteiger partial charge in [0.1, 0.15) is 5.82 Å². The maximum absolute atomic E-state index is 13.5. The Morgan fingerprint density at radius 1 is 0.941 bits per heavy atom. The highest BCUT2D eigenvalue weighted by Gasteiger charge is 2.11. The van der Waals surface area contributed by atoms with Gasteiger partial charge in [0.15, 0.2) is 0 Å². The van der Waals surface area contributed by atoms with Crippen LogP contribution >= 0.6 is 22.9 Å². The Morgan fingerprint density at radius 2 is 1.53 bits per heavy atom. The molecule has 17 heavy (non-hydrogen) atoms. The number of rotatable bonds is 0. The molecule has 0 aliphatic heterocycles. The van der Waals surface area contributed by atoms with Crippen molar-refractivity contribution < 1.29 is 4.39 Å². The third-order valence-corrected chi connectivity index (χ3v) is 4.68. The van der Waals surface area contributed by atoms with Crippen molar-refractivity contribution in [1.82, 2.24) is 0 Å². The standard InChI is InChI=1S/C14H10ClFS/c1-7-3-9(15)5-11-12-6-10(16)4-8(2)14(12)17-13(7)11/h3-6H,1-2H3. The first-order chi connectivity index (χ1) is 8.06. The minimum atomic E-state index is -0.188.